The third kappa shape index (κ3) is 4.80. The second-order valence-electron chi connectivity index (χ2n) is 5.43. The highest BCUT2D eigenvalue weighted by atomic mass is 32.2. The van der Waals surface area contributed by atoms with E-state index in [2.05, 4.69) is 56.4 Å². The van der Waals surface area contributed by atoms with Gasteiger partial charge in [-0.2, -0.15) is 0 Å². The first kappa shape index (κ1) is 15.9. The summed E-state index contributed by atoms with van der Waals surface area (Å²) in [7, 11) is 1.70. The largest absolute Gasteiger partial charge is 0.497 e. The molecule has 0 aliphatic heterocycles. The van der Waals surface area contributed by atoms with E-state index in [0.29, 0.717) is 6.04 Å². The molecule has 0 aliphatic rings. The molecule has 1 N–H and O–H groups in total. The van der Waals surface area contributed by atoms with Gasteiger partial charge in [-0.25, -0.2) is 0 Å². The molecule has 0 heterocycles. The molecule has 0 unspecified atom stereocenters. The Morgan fingerprint density at radius 3 is 2.67 bits per heavy atom. The minimum atomic E-state index is 0.486. The van der Waals surface area contributed by atoms with Crippen LogP contribution >= 0.6 is 11.8 Å². The fourth-order valence-electron chi connectivity index (χ4n) is 2.05. The summed E-state index contributed by atoms with van der Waals surface area (Å²) in [5.41, 5.74) is 2.64. The first-order valence-corrected chi connectivity index (χ1v) is 8.05. The van der Waals surface area contributed by atoms with Gasteiger partial charge in [-0.05, 0) is 36.8 Å². The van der Waals surface area contributed by atoms with E-state index in [9.17, 15) is 0 Å². The zero-order valence-corrected chi connectivity index (χ0v) is 14.0. The Bertz CT molecular complexity index is 596. The summed E-state index contributed by atoms with van der Waals surface area (Å²) >= 11 is 1.78. The highest BCUT2D eigenvalue weighted by Crippen LogP contribution is 2.32. The molecule has 0 aliphatic carbocycles. The van der Waals surface area contributed by atoms with Crippen LogP contribution in [0.5, 0.6) is 5.75 Å². The van der Waals surface area contributed by atoms with Crippen molar-refractivity contribution in [2.75, 3.05) is 7.11 Å². The number of benzene rings is 2. The number of rotatable bonds is 6. The summed E-state index contributed by atoms with van der Waals surface area (Å²) in [6.07, 6.45) is 0. The molecule has 112 valence electrons. The predicted molar refractivity (Wildman–Crippen MR) is 90.3 cm³/mol. The van der Waals surface area contributed by atoms with E-state index >= 15 is 0 Å². The van der Waals surface area contributed by atoms with Crippen molar-refractivity contribution in [3.63, 3.8) is 0 Å². The van der Waals surface area contributed by atoms with Gasteiger partial charge >= 0.3 is 0 Å². The van der Waals surface area contributed by atoms with Crippen LogP contribution in [0.1, 0.15) is 25.0 Å². The van der Waals surface area contributed by atoms with Gasteiger partial charge in [0.25, 0.3) is 0 Å². The van der Waals surface area contributed by atoms with Gasteiger partial charge in [-0.15, -0.1) is 0 Å². The van der Waals surface area contributed by atoms with Crippen LogP contribution in [0.3, 0.4) is 0 Å². The molecule has 3 heteroatoms. The van der Waals surface area contributed by atoms with Crippen LogP contribution in [0.4, 0.5) is 0 Å². The van der Waals surface area contributed by atoms with E-state index in [1.165, 1.54) is 20.9 Å². The van der Waals surface area contributed by atoms with Crippen LogP contribution in [-0.4, -0.2) is 13.2 Å². The summed E-state index contributed by atoms with van der Waals surface area (Å²) in [4.78, 5) is 2.49. The lowest BCUT2D eigenvalue weighted by Crippen LogP contribution is -2.22. The average molecular weight is 301 g/mol. The Balaban J connectivity index is 2.21. The fourth-order valence-corrected chi connectivity index (χ4v) is 3.03. The second kappa shape index (κ2) is 7.53. The number of nitrogens with one attached hydrogen (secondary N) is 1. The van der Waals surface area contributed by atoms with Crippen molar-refractivity contribution in [3.05, 3.63) is 53.6 Å². The molecule has 21 heavy (non-hydrogen) atoms. The van der Waals surface area contributed by atoms with Crippen LogP contribution in [0, 0.1) is 6.92 Å². The van der Waals surface area contributed by atoms with Gasteiger partial charge in [0.2, 0.25) is 0 Å². The highest BCUT2D eigenvalue weighted by molar-refractivity contribution is 7.99. The molecule has 0 aromatic heterocycles. The molecule has 0 bridgehead atoms. The van der Waals surface area contributed by atoms with E-state index in [-0.39, 0.29) is 0 Å². The third-order valence-electron chi connectivity index (χ3n) is 3.19. The molecule has 2 aromatic rings. The number of hydrogen-bond donors (Lipinski definition) is 1. The molecule has 0 spiro atoms. The normalized spacial score (nSPS) is 10.9. The van der Waals surface area contributed by atoms with E-state index in [4.69, 9.17) is 4.74 Å². The highest BCUT2D eigenvalue weighted by Gasteiger charge is 2.06. The maximum absolute atomic E-state index is 5.30. The summed E-state index contributed by atoms with van der Waals surface area (Å²) in [5, 5.41) is 3.50. The monoisotopic (exact) mass is 301 g/mol. The number of methoxy groups -OCH3 is 1. The molecule has 2 aromatic carbocycles. The summed E-state index contributed by atoms with van der Waals surface area (Å²) in [6.45, 7) is 7.37. The maximum atomic E-state index is 5.30. The van der Waals surface area contributed by atoms with Crippen molar-refractivity contribution in [3.8, 4) is 5.75 Å². The van der Waals surface area contributed by atoms with Crippen LogP contribution in [0.25, 0.3) is 0 Å². The number of aryl methyl sites for hydroxylation is 1. The fraction of sp³-hybridized carbons (Fsp3) is 0.333. The number of ether oxygens (including phenoxy) is 1. The summed E-state index contributed by atoms with van der Waals surface area (Å²) in [6, 6.07) is 15.3. The SMILES string of the molecule is COc1cccc(Sc2ccc(C)cc2CNC(C)C)c1. The Hall–Kier alpha value is -1.45. The van der Waals surface area contributed by atoms with Crippen molar-refractivity contribution >= 4 is 11.8 Å². The molecular formula is C18H23NOS. The first-order valence-electron chi connectivity index (χ1n) is 7.23. The second-order valence-corrected chi connectivity index (χ2v) is 6.54. The van der Waals surface area contributed by atoms with E-state index < -0.39 is 0 Å². The van der Waals surface area contributed by atoms with Gasteiger partial charge in [-0.3, -0.25) is 0 Å². The van der Waals surface area contributed by atoms with Crippen molar-refractivity contribution in [1.29, 1.82) is 0 Å². The van der Waals surface area contributed by atoms with Crippen molar-refractivity contribution < 1.29 is 4.74 Å². The lowest BCUT2D eigenvalue weighted by Gasteiger charge is -2.13. The van der Waals surface area contributed by atoms with Gasteiger partial charge in [0.1, 0.15) is 5.75 Å². The van der Waals surface area contributed by atoms with Gasteiger partial charge in [0.15, 0.2) is 0 Å². The Morgan fingerprint density at radius 1 is 1.14 bits per heavy atom. The smallest absolute Gasteiger partial charge is 0.119 e. The Morgan fingerprint density at radius 2 is 1.95 bits per heavy atom. The van der Waals surface area contributed by atoms with Crippen molar-refractivity contribution in [1.82, 2.24) is 5.32 Å². The first-order chi connectivity index (χ1) is 10.1. The van der Waals surface area contributed by atoms with Crippen LogP contribution in [0.2, 0.25) is 0 Å². The van der Waals surface area contributed by atoms with Crippen LogP contribution < -0.4 is 10.1 Å². The molecule has 0 saturated heterocycles. The minimum Gasteiger partial charge on any atom is -0.497 e. The molecule has 2 nitrogen and oxygen atoms in total. The molecule has 0 atom stereocenters. The molecule has 0 fully saturated rings. The molecule has 0 saturated carbocycles. The van der Waals surface area contributed by atoms with Gasteiger partial charge < -0.3 is 10.1 Å². The predicted octanol–water partition coefficient (Wildman–Crippen LogP) is 4.65. The van der Waals surface area contributed by atoms with Gasteiger partial charge in [-0.1, -0.05) is 49.4 Å². The van der Waals surface area contributed by atoms with Gasteiger partial charge in [0.05, 0.1) is 7.11 Å². The van der Waals surface area contributed by atoms with E-state index in [1.54, 1.807) is 18.9 Å². The molecule has 0 radical (unpaired) electrons. The quantitative estimate of drug-likeness (QED) is 0.839. The Kier molecular flexibility index (Phi) is 5.71. The maximum Gasteiger partial charge on any atom is 0.119 e. The summed E-state index contributed by atoms with van der Waals surface area (Å²) in [5.74, 6) is 0.897. The average Bonchev–Trinajstić information content (AvgIpc) is 2.47. The molecule has 0 amide bonds. The van der Waals surface area contributed by atoms with E-state index in [0.717, 1.165) is 12.3 Å². The Labute approximate surface area is 131 Å². The van der Waals surface area contributed by atoms with Crippen LogP contribution in [0.15, 0.2) is 52.3 Å². The lowest BCUT2D eigenvalue weighted by atomic mass is 10.1. The van der Waals surface area contributed by atoms with Crippen LogP contribution in [-0.2, 0) is 6.54 Å². The zero-order valence-electron chi connectivity index (χ0n) is 13.1. The minimum absolute atomic E-state index is 0.486. The topological polar surface area (TPSA) is 21.3 Å². The van der Waals surface area contributed by atoms with Crippen molar-refractivity contribution in [2.24, 2.45) is 0 Å². The summed E-state index contributed by atoms with van der Waals surface area (Å²) < 4.78 is 5.30. The van der Waals surface area contributed by atoms with Crippen molar-refractivity contribution in [2.45, 2.75) is 43.1 Å². The lowest BCUT2D eigenvalue weighted by molar-refractivity contribution is 0.413. The third-order valence-corrected chi connectivity index (χ3v) is 4.29. The number of hydrogen-bond acceptors (Lipinski definition) is 3. The molecule has 2 rings (SSSR count). The van der Waals surface area contributed by atoms with E-state index in [1.807, 2.05) is 12.1 Å². The zero-order chi connectivity index (χ0) is 15.2. The molecular weight excluding hydrogens is 278 g/mol. The van der Waals surface area contributed by atoms with Gasteiger partial charge in [0, 0.05) is 22.4 Å². The standard InChI is InChI=1S/C18H23NOS/c1-13(2)19-12-15-10-14(3)8-9-18(15)21-17-7-5-6-16(11-17)20-4/h5-11,13,19H,12H2,1-4H3.